The van der Waals surface area contributed by atoms with Gasteiger partial charge in [-0.1, -0.05) is 44.2 Å². The van der Waals surface area contributed by atoms with E-state index in [2.05, 4.69) is 56.8 Å². The molecular weight excluding hydrogens is 408 g/mol. The van der Waals surface area contributed by atoms with Crippen molar-refractivity contribution in [1.29, 1.82) is 0 Å². The first-order chi connectivity index (χ1) is 16.4. The Morgan fingerprint density at radius 3 is 2.39 bits per heavy atom. The molecular formula is C27H28N6. The molecule has 5 aromatic rings. The van der Waals surface area contributed by atoms with E-state index in [0.29, 0.717) is 0 Å². The Kier molecular flexibility index (Phi) is 6.00. The lowest BCUT2D eigenvalue weighted by Gasteiger charge is -2.29. The lowest BCUT2D eigenvalue weighted by molar-refractivity contribution is 0.589. The third kappa shape index (κ3) is 4.05. The molecule has 1 aliphatic rings. The summed E-state index contributed by atoms with van der Waals surface area (Å²) in [5, 5.41) is 9.10. The lowest BCUT2D eigenvalue weighted by atomic mass is 10.0. The van der Waals surface area contributed by atoms with Gasteiger partial charge in [-0.25, -0.2) is 9.50 Å². The second-order valence-corrected chi connectivity index (χ2v) is 7.83. The standard InChI is InChI=1S/C25H22N6.C2H6/c1-2-4-24-22(3-1)21(9-10-27-24)23-16-29-31-17-19(15-28-25(23)31)18-5-7-20(8-6-18)30-13-11-26-12-14-30;1-2/h1-10,15-17,26H,11-14H2;1-2H3. The summed E-state index contributed by atoms with van der Waals surface area (Å²) in [7, 11) is 0. The molecule has 0 spiro atoms. The summed E-state index contributed by atoms with van der Waals surface area (Å²) in [6.07, 6.45) is 7.72. The van der Waals surface area contributed by atoms with Crippen LogP contribution in [0.15, 0.2) is 79.4 Å². The molecule has 1 saturated heterocycles. The van der Waals surface area contributed by atoms with Crippen molar-refractivity contribution >= 4 is 22.2 Å². The molecule has 33 heavy (non-hydrogen) atoms. The van der Waals surface area contributed by atoms with Gasteiger partial charge in [0.15, 0.2) is 5.65 Å². The van der Waals surface area contributed by atoms with Crippen molar-refractivity contribution in [2.75, 3.05) is 31.1 Å². The van der Waals surface area contributed by atoms with E-state index in [1.54, 1.807) is 0 Å². The molecule has 6 nitrogen and oxygen atoms in total. The van der Waals surface area contributed by atoms with Crippen LogP contribution in [0.4, 0.5) is 5.69 Å². The summed E-state index contributed by atoms with van der Waals surface area (Å²) < 4.78 is 1.87. The van der Waals surface area contributed by atoms with Crippen LogP contribution >= 0.6 is 0 Å². The molecule has 1 aliphatic heterocycles. The SMILES string of the molecule is CC.c1ccc2c(-c3cnn4cc(-c5ccc(N6CCNCC6)cc5)cnc34)ccnc2c1. The number of nitrogens with one attached hydrogen (secondary N) is 1. The number of piperazine rings is 1. The zero-order valence-electron chi connectivity index (χ0n) is 19.1. The number of nitrogens with zero attached hydrogens (tertiary/aromatic N) is 5. The van der Waals surface area contributed by atoms with Gasteiger partial charge in [0.2, 0.25) is 0 Å². The van der Waals surface area contributed by atoms with Crippen LogP contribution < -0.4 is 10.2 Å². The minimum Gasteiger partial charge on any atom is -0.369 e. The van der Waals surface area contributed by atoms with Gasteiger partial charge in [0.1, 0.15) is 0 Å². The Morgan fingerprint density at radius 1 is 0.788 bits per heavy atom. The van der Waals surface area contributed by atoms with Crippen molar-refractivity contribution in [3.8, 4) is 22.3 Å². The summed E-state index contributed by atoms with van der Waals surface area (Å²) in [6, 6.07) is 18.9. The maximum absolute atomic E-state index is 4.77. The Balaban J connectivity index is 0.00000111. The van der Waals surface area contributed by atoms with E-state index < -0.39 is 0 Å². The Bertz CT molecular complexity index is 1360. The summed E-state index contributed by atoms with van der Waals surface area (Å²) in [5.74, 6) is 0. The molecule has 0 unspecified atom stereocenters. The number of fused-ring (bicyclic) bond motifs is 2. The molecule has 1 fully saturated rings. The second-order valence-electron chi connectivity index (χ2n) is 7.83. The smallest absolute Gasteiger partial charge is 0.162 e. The molecule has 0 atom stereocenters. The van der Waals surface area contributed by atoms with E-state index in [-0.39, 0.29) is 0 Å². The highest BCUT2D eigenvalue weighted by Crippen LogP contribution is 2.31. The number of hydrogen-bond donors (Lipinski definition) is 1. The van der Waals surface area contributed by atoms with Crippen molar-refractivity contribution in [2.24, 2.45) is 0 Å². The molecule has 166 valence electrons. The number of aromatic nitrogens is 4. The zero-order chi connectivity index (χ0) is 22.6. The van der Waals surface area contributed by atoms with Crippen molar-refractivity contribution < 1.29 is 0 Å². The lowest BCUT2D eigenvalue weighted by Crippen LogP contribution is -2.43. The van der Waals surface area contributed by atoms with Crippen LogP contribution in [0.1, 0.15) is 13.8 Å². The minimum atomic E-state index is 0.845. The van der Waals surface area contributed by atoms with Crippen molar-refractivity contribution in [2.45, 2.75) is 13.8 Å². The average Bonchev–Trinajstić information content (AvgIpc) is 3.33. The third-order valence-electron chi connectivity index (χ3n) is 5.98. The molecule has 6 rings (SSSR count). The molecule has 1 N–H and O–H groups in total. The predicted octanol–water partition coefficient (Wildman–Crippen LogP) is 5.05. The minimum absolute atomic E-state index is 0.845. The Morgan fingerprint density at radius 2 is 1.58 bits per heavy atom. The highest BCUT2D eigenvalue weighted by molar-refractivity contribution is 5.97. The van der Waals surface area contributed by atoms with Crippen LogP contribution in [0.25, 0.3) is 38.8 Å². The topological polar surface area (TPSA) is 58.4 Å². The first kappa shape index (κ1) is 21.1. The molecule has 0 saturated carbocycles. The van der Waals surface area contributed by atoms with Crippen molar-refractivity contribution in [1.82, 2.24) is 24.9 Å². The average molecular weight is 437 g/mol. The monoisotopic (exact) mass is 436 g/mol. The molecule has 0 aliphatic carbocycles. The number of rotatable bonds is 3. The van der Waals surface area contributed by atoms with Crippen LogP contribution in [0.5, 0.6) is 0 Å². The number of anilines is 1. The molecule has 3 aromatic heterocycles. The maximum atomic E-state index is 4.77. The molecule has 0 amide bonds. The van der Waals surface area contributed by atoms with Crippen LogP contribution in [-0.2, 0) is 0 Å². The summed E-state index contributed by atoms with van der Waals surface area (Å²) in [5.41, 5.74) is 7.39. The van der Waals surface area contributed by atoms with Gasteiger partial charge in [-0.05, 0) is 35.4 Å². The van der Waals surface area contributed by atoms with Gasteiger partial charge >= 0.3 is 0 Å². The van der Waals surface area contributed by atoms with E-state index in [9.17, 15) is 0 Å². The van der Waals surface area contributed by atoms with Crippen molar-refractivity contribution in [3.63, 3.8) is 0 Å². The Labute approximate surface area is 193 Å². The van der Waals surface area contributed by atoms with Gasteiger partial charge in [-0.15, -0.1) is 0 Å². The molecule has 4 heterocycles. The fourth-order valence-electron chi connectivity index (χ4n) is 4.33. The second kappa shape index (κ2) is 9.38. The van der Waals surface area contributed by atoms with Crippen molar-refractivity contribution in [3.05, 3.63) is 79.4 Å². The van der Waals surface area contributed by atoms with E-state index in [1.807, 2.05) is 61.2 Å². The predicted molar refractivity (Wildman–Crippen MR) is 136 cm³/mol. The van der Waals surface area contributed by atoms with Crippen LogP contribution in [0.2, 0.25) is 0 Å². The number of hydrogen-bond acceptors (Lipinski definition) is 5. The first-order valence-electron chi connectivity index (χ1n) is 11.6. The highest BCUT2D eigenvalue weighted by atomic mass is 15.2. The summed E-state index contributed by atoms with van der Waals surface area (Å²) in [6.45, 7) is 8.17. The highest BCUT2D eigenvalue weighted by Gasteiger charge is 2.13. The fraction of sp³-hybridized carbons (Fsp3) is 0.222. The summed E-state index contributed by atoms with van der Waals surface area (Å²) in [4.78, 5) is 11.7. The van der Waals surface area contributed by atoms with Crippen LogP contribution in [-0.4, -0.2) is 45.8 Å². The van der Waals surface area contributed by atoms with E-state index in [4.69, 9.17) is 4.98 Å². The fourth-order valence-corrected chi connectivity index (χ4v) is 4.33. The van der Waals surface area contributed by atoms with Gasteiger partial charge in [-0.2, -0.15) is 5.10 Å². The van der Waals surface area contributed by atoms with E-state index >= 15 is 0 Å². The number of pyridine rings is 1. The van der Waals surface area contributed by atoms with E-state index in [0.717, 1.165) is 65.0 Å². The molecule has 6 heteroatoms. The number of benzene rings is 2. The molecule has 0 radical (unpaired) electrons. The largest absolute Gasteiger partial charge is 0.369 e. The first-order valence-corrected chi connectivity index (χ1v) is 11.6. The van der Waals surface area contributed by atoms with Gasteiger partial charge in [0.05, 0.1) is 11.7 Å². The quantitative estimate of drug-likeness (QED) is 0.429. The normalized spacial score (nSPS) is 13.7. The van der Waals surface area contributed by atoms with E-state index in [1.165, 1.54) is 5.69 Å². The molecule has 2 aromatic carbocycles. The number of para-hydroxylation sites is 1. The van der Waals surface area contributed by atoms with Gasteiger partial charge < -0.3 is 10.2 Å². The van der Waals surface area contributed by atoms with Gasteiger partial charge in [0.25, 0.3) is 0 Å². The molecule has 0 bridgehead atoms. The van der Waals surface area contributed by atoms with Gasteiger partial charge in [-0.3, -0.25) is 4.98 Å². The van der Waals surface area contributed by atoms with Crippen LogP contribution in [0.3, 0.4) is 0 Å². The van der Waals surface area contributed by atoms with Crippen LogP contribution in [0, 0.1) is 0 Å². The van der Waals surface area contributed by atoms with Gasteiger partial charge in [0, 0.05) is 67.0 Å². The summed E-state index contributed by atoms with van der Waals surface area (Å²) >= 11 is 0. The third-order valence-corrected chi connectivity index (χ3v) is 5.98. The Hall–Kier alpha value is -3.77. The zero-order valence-corrected chi connectivity index (χ0v) is 19.1. The maximum Gasteiger partial charge on any atom is 0.162 e.